The monoisotopic (exact) mass is 474 g/mol. The molecule has 5 rings (SSSR count). The number of hydrogen-bond donors (Lipinski definition) is 1. The number of nitrogens with zero attached hydrogens (tertiary/aromatic N) is 1. The normalized spacial score (nSPS) is 35.0. The minimum absolute atomic E-state index is 0.0579. The average molecular weight is 476 g/mol. The Morgan fingerprint density at radius 1 is 1.30 bits per heavy atom. The van der Waals surface area contributed by atoms with E-state index in [0.29, 0.717) is 16.9 Å². The topological polar surface area (TPSA) is 68.3 Å². The number of carbonyl (C=O) groups is 2. The Hall–Kier alpha value is -0.850. The Morgan fingerprint density at radius 3 is 2.56 bits per heavy atom. The summed E-state index contributed by atoms with van der Waals surface area (Å²) in [4.78, 5) is 29.5. The van der Waals surface area contributed by atoms with E-state index in [9.17, 15) is 9.59 Å². The third-order valence-corrected chi connectivity index (χ3v) is 7.55. The molecular weight excluding hydrogens is 455 g/mol. The molecule has 0 aliphatic heterocycles. The first kappa shape index (κ1) is 19.5. The highest BCUT2D eigenvalue weighted by Gasteiger charge is 2.60. The van der Waals surface area contributed by atoms with Crippen LogP contribution in [0.2, 0.25) is 10.0 Å². The Bertz CT molecular complexity index is 789. The molecule has 1 aromatic rings. The molecule has 5 nitrogen and oxygen atoms in total. The molecule has 0 radical (unpaired) electrons. The van der Waals surface area contributed by atoms with Crippen LogP contribution in [-0.2, 0) is 14.3 Å². The highest BCUT2D eigenvalue weighted by Crippen LogP contribution is 2.64. The van der Waals surface area contributed by atoms with Gasteiger partial charge >= 0.3 is 5.97 Å². The van der Waals surface area contributed by atoms with Gasteiger partial charge in [-0.2, -0.15) is 0 Å². The van der Waals surface area contributed by atoms with E-state index in [1.807, 2.05) is 0 Å². The van der Waals surface area contributed by atoms with E-state index in [2.05, 4.69) is 26.2 Å². The van der Waals surface area contributed by atoms with Crippen molar-refractivity contribution in [2.75, 3.05) is 5.32 Å². The van der Waals surface area contributed by atoms with Gasteiger partial charge in [-0.05, 0) is 63.4 Å². The number of ether oxygens (including phenoxy) is 1. The lowest BCUT2D eigenvalue weighted by Gasteiger charge is -2.58. The third kappa shape index (κ3) is 3.73. The lowest BCUT2D eigenvalue weighted by atomic mass is 9.49. The zero-order chi connectivity index (χ0) is 19.4. The summed E-state index contributed by atoms with van der Waals surface area (Å²) in [5.41, 5.74) is -0.460. The second-order valence-electron chi connectivity index (χ2n) is 8.41. The number of amides is 1. The largest absolute Gasteiger partial charge is 0.452 e. The highest BCUT2D eigenvalue weighted by atomic mass is 79.9. The second kappa shape index (κ2) is 6.89. The number of carbonyl (C=O) groups excluding carboxylic acids is 2. The molecule has 27 heavy (non-hydrogen) atoms. The number of pyridine rings is 1. The Morgan fingerprint density at radius 2 is 1.96 bits per heavy atom. The number of alkyl halides is 1. The van der Waals surface area contributed by atoms with E-state index in [4.69, 9.17) is 27.9 Å². The molecule has 1 aromatic heterocycles. The zero-order valence-corrected chi connectivity index (χ0v) is 18.0. The maximum absolute atomic E-state index is 13.0. The average Bonchev–Trinajstić information content (AvgIpc) is 2.55. The van der Waals surface area contributed by atoms with E-state index in [1.165, 1.54) is 18.7 Å². The van der Waals surface area contributed by atoms with Crippen LogP contribution in [0.3, 0.4) is 0 Å². The molecule has 0 unspecified atom stereocenters. The molecule has 4 saturated carbocycles. The first-order valence-corrected chi connectivity index (χ1v) is 10.7. The molecule has 1 amide bonds. The van der Waals surface area contributed by atoms with Crippen LogP contribution in [0.15, 0.2) is 12.3 Å². The number of nitrogens with one attached hydrogen (secondary N) is 1. The summed E-state index contributed by atoms with van der Waals surface area (Å²) in [7, 11) is 0. The first-order chi connectivity index (χ1) is 12.7. The summed E-state index contributed by atoms with van der Waals surface area (Å²) >= 11 is 15.7. The second-order valence-corrected chi connectivity index (χ2v) is 10.9. The quantitative estimate of drug-likeness (QED) is 0.491. The van der Waals surface area contributed by atoms with Crippen LogP contribution < -0.4 is 5.32 Å². The molecule has 4 bridgehead atoms. The molecule has 0 aromatic carbocycles. The molecule has 0 saturated heterocycles. The molecule has 4 fully saturated rings. The van der Waals surface area contributed by atoms with Gasteiger partial charge in [0.1, 0.15) is 0 Å². The van der Waals surface area contributed by atoms with Gasteiger partial charge in [0, 0.05) is 10.5 Å². The van der Waals surface area contributed by atoms with Crippen molar-refractivity contribution in [1.82, 2.24) is 4.98 Å². The standard InChI is InChI=1S/C19H21BrCl2N2O3/c1-10(16(25)24-15-14(22)3-13(21)8-23-15)27-17(26)18-4-11-2-12(5-18)7-19(20,6-11)9-18/h3,8,10-12H,2,4-7,9H2,1H3,(H,23,24,25)/t10-,11-,12-,18?,19?/m0/s1. The van der Waals surface area contributed by atoms with Crippen LogP contribution in [0.25, 0.3) is 0 Å². The van der Waals surface area contributed by atoms with Crippen LogP contribution in [0.5, 0.6) is 0 Å². The minimum Gasteiger partial charge on any atom is -0.452 e. The maximum atomic E-state index is 13.0. The number of anilines is 1. The minimum atomic E-state index is -0.926. The van der Waals surface area contributed by atoms with Crippen LogP contribution in [0.1, 0.15) is 45.4 Å². The number of hydrogen-bond acceptors (Lipinski definition) is 4. The Balaban J connectivity index is 1.42. The lowest BCUT2D eigenvalue weighted by Crippen LogP contribution is -2.56. The first-order valence-electron chi connectivity index (χ1n) is 9.20. The summed E-state index contributed by atoms with van der Waals surface area (Å²) in [6, 6.07) is 1.49. The fourth-order valence-corrected chi connectivity index (χ4v) is 7.33. The maximum Gasteiger partial charge on any atom is 0.312 e. The Kier molecular flexibility index (Phi) is 4.97. The van der Waals surface area contributed by atoms with Crippen molar-refractivity contribution < 1.29 is 14.3 Å². The van der Waals surface area contributed by atoms with Gasteiger partial charge < -0.3 is 10.1 Å². The van der Waals surface area contributed by atoms with Crippen molar-refractivity contribution in [3.8, 4) is 0 Å². The van der Waals surface area contributed by atoms with Crippen molar-refractivity contribution in [1.29, 1.82) is 0 Å². The van der Waals surface area contributed by atoms with Crippen molar-refractivity contribution >= 4 is 56.8 Å². The summed E-state index contributed by atoms with van der Waals surface area (Å²) in [5.74, 6) is 0.624. The van der Waals surface area contributed by atoms with Gasteiger partial charge in [0.15, 0.2) is 11.9 Å². The van der Waals surface area contributed by atoms with Gasteiger partial charge in [0.05, 0.1) is 15.5 Å². The number of aromatic nitrogens is 1. The molecule has 146 valence electrons. The predicted molar refractivity (Wildman–Crippen MR) is 107 cm³/mol. The van der Waals surface area contributed by atoms with Gasteiger partial charge in [-0.25, -0.2) is 4.98 Å². The van der Waals surface area contributed by atoms with E-state index in [-0.39, 0.29) is 21.1 Å². The Labute approximate surface area is 176 Å². The van der Waals surface area contributed by atoms with Crippen molar-refractivity contribution in [2.24, 2.45) is 17.3 Å². The predicted octanol–water partition coefficient (Wildman–Crippen LogP) is 4.99. The molecule has 1 heterocycles. The molecule has 4 aliphatic carbocycles. The van der Waals surface area contributed by atoms with E-state index in [0.717, 1.165) is 32.1 Å². The van der Waals surface area contributed by atoms with Crippen LogP contribution in [0, 0.1) is 17.3 Å². The van der Waals surface area contributed by atoms with Gasteiger partial charge in [-0.3, -0.25) is 9.59 Å². The third-order valence-electron chi connectivity index (χ3n) is 6.13. The van der Waals surface area contributed by atoms with E-state index in [1.54, 1.807) is 6.92 Å². The van der Waals surface area contributed by atoms with Gasteiger partial charge in [-0.1, -0.05) is 39.1 Å². The zero-order valence-electron chi connectivity index (χ0n) is 14.9. The van der Waals surface area contributed by atoms with E-state index < -0.39 is 17.4 Å². The van der Waals surface area contributed by atoms with Crippen molar-refractivity contribution in [3.05, 3.63) is 22.3 Å². The molecule has 8 heteroatoms. The summed E-state index contributed by atoms with van der Waals surface area (Å²) in [6.07, 6.45) is 6.48. The molecular formula is C19H21BrCl2N2O3. The summed E-state index contributed by atoms with van der Waals surface area (Å²) < 4.78 is 5.67. The highest BCUT2D eigenvalue weighted by molar-refractivity contribution is 9.10. The van der Waals surface area contributed by atoms with Gasteiger partial charge in [0.25, 0.3) is 5.91 Å². The summed E-state index contributed by atoms with van der Waals surface area (Å²) in [6.45, 7) is 1.57. The van der Waals surface area contributed by atoms with Crippen LogP contribution in [0.4, 0.5) is 5.82 Å². The van der Waals surface area contributed by atoms with Gasteiger partial charge in [-0.15, -0.1) is 0 Å². The molecule has 1 N–H and O–H groups in total. The molecule has 4 aliphatic rings. The smallest absolute Gasteiger partial charge is 0.312 e. The van der Waals surface area contributed by atoms with Crippen molar-refractivity contribution in [2.45, 2.75) is 55.9 Å². The number of esters is 1. The SMILES string of the molecule is C[C@H](OC(=O)C12C[C@@H]3C[C@H](CC(Br)(C3)C1)C2)C(=O)Nc1ncc(Cl)cc1Cl. The summed E-state index contributed by atoms with van der Waals surface area (Å²) in [5, 5.41) is 3.21. The van der Waals surface area contributed by atoms with Gasteiger partial charge in [0.2, 0.25) is 0 Å². The molecule has 3 atom stereocenters. The fraction of sp³-hybridized carbons (Fsp3) is 0.632. The van der Waals surface area contributed by atoms with Crippen LogP contribution in [-0.4, -0.2) is 27.3 Å². The van der Waals surface area contributed by atoms with Crippen molar-refractivity contribution in [3.63, 3.8) is 0 Å². The number of rotatable bonds is 4. The fourth-order valence-electron chi connectivity index (χ4n) is 5.45. The van der Waals surface area contributed by atoms with Crippen LogP contribution >= 0.6 is 39.1 Å². The van der Waals surface area contributed by atoms with E-state index >= 15 is 0 Å². The number of halogens is 3. The molecule has 0 spiro atoms. The lowest BCUT2D eigenvalue weighted by molar-refractivity contribution is -0.175.